The molecule has 0 radical (unpaired) electrons. The van der Waals surface area contributed by atoms with Crippen molar-refractivity contribution in [1.29, 1.82) is 0 Å². The summed E-state index contributed by atoms with van der Waals surface area (Å²) in [6.07, 6.45) is 1.83. The van der Waals surface area contributed by atoms with Crippen LogP contribution in [0.1, 0.15) is 11.4 Å². The van der Waals surface area contributed by atoms with E-state index in [2.05, 4.69) is 28.6 Å². The first kappa shape index (κ1) is 8.44. The molecule has 0 aliphatic carbocycles. The van der Waals surface area contributed by atoms with E-state index in [1.54, 1.807) is 0 Å². The maximum absolute atomic E-state index is 5.18. The molecule has 0 atom stereocenters. The summed E-state index contributed by atoms with van der Waals surface area (Å²) < 4.78 is 2.86. The van der Waals surface area contributed by atoms with Gasteiger partial charge in [0.15, 0.2) is 0 Å². The minimum absolute atomic E-state index is 0.721. The summed E-state index contributed by atoms with van der Waals surface area (Å²) in [7, 11) is 2.04. The van der Waals surface area contributed by atoms with Crippen LogP contribution in [0, 0.1) is 18.5 Å². The molecule has 2 rings (SSSR count). The Morgan fingerprint density at radius 3 is 2.69 bits per heavy atom. The predicted octanol–water partition coefficient (Wildman–Crippen LogP) is 2.25. The second-order valence-corrected chi connectivity index (χ2v) is 3.63. The van der Waals surface area contributed by atoms with Gasteiger partial charge in [-0.3, -0.25) is 5.10 Å². The van der Waals surface area contributed by atoms with E-state index in [9.17, 15) is 0 Å². The monoisotopic (exact) mass is 193 g/mol. The maximum atomic E-state index is 5.18. The summed E-state index contributed by atoms with van der Waals surface area (Å²) >= 11 is 5.18. The van der Waals surface area contributed by atoms with Crippen LogP contribution in [-0.2, 0) is 7.05 Å². The quantitative estimate of drug-likeness (QED) is 0.651. The van der Waals surface area contributed by atoms with Crippen molar-refractivity contribution in [1.82, 2.24) is 14.8 Å². The van der Waals surface area contributed by atoms with E-state index < -0.39 is 0 Å². The van der Waals surface area contributed by atoms with E-state index in [-0.39, 0.29) is 0 Å². The summed E-state index contributed by atoms with van der Waals surface area (Å²) in [5, 5.41) is 9.05. The molecule has 0 saturated heterocycles. The van der Waals surface area contributed by atoms with Crippen molar-refractivity contribution in [3.05, 3.63) is 22.2 Å². The lowest BCUT2D eigenvalue weighted by atomic mass is 10.2. The fourth-order valence-electron chi connectivity index (χ4n) is 1.63. The van der Waals surface area contributed by atoms with Crippen LogP contribution in [0.2, 0.25) is 0 Å². The number of aromatic amines is 1. The Morgan fingerprint density at radius 2 is 2.08 bits per heavy atom. The highest BCUT2D eigenvalue weighted by Crippen LogP contribution is 2.23. The number of aryl methyl sites for hydroxylation is 2. The van der Waals surface area contributed by atoms with Gasteiger partial charge in [-0.1, -0.05) is 12.2 Å². The van der Waals surface area contributed by atoms with Crippen LogP contribution in [0.4, 0.5) is 0 Å². The van der Waals surface area contributed by atoms with E-state index in [1.807, 2.05) is 13.2 Å². The number of nitrogens with zero attached hydrogens (tertiary/aromatic N) is 2. The molecule has 68 valence electrons. The van der Waals surface area contributed by atoms with Gasteiger partial charge in [-0.25, -0.2) is 0 Å². The smallest absolute Gasteiger partial charge is 0.129 e. The SMILES string of the molecule is Cc1c2cn[nH]c(=S)c2c(C)n1C. The minimum atomic E-state index is 0.721. The lowest BCUT2D eigenvalue weighted by Crippen LogP contribution is -1.92. The maximum Gasteiger partial charge on any atom is 0.129 e. The number of hydrogen-bond donors (Lipinski definition) is 1. The van der Waals surface area contributed by atoms with Crippen molar-refractivity contribution < 1.29 is 0 Å². The number of hydrogen-bond acceptors (Lipinski definition) is 2. The Bertz CT molecular complexity index is 521. The van der Waals surface area contributed by atoms with Gasteiger partial charge in [-0.05, 0) is 13.8 Å². The third-order valence-corrected chi connectivity index (χ3v) is 2.91. The fourth-order valence-corrected chi connectivity index (χ4v) is 1.94. The number of H-pyrrole nitrogens is 1. The van der Waals surface area contributed by atoms with Crippen molar-refractivity contribution in [2.24, 2.45) is 7.05 Å². The summed E-state index contributed by atoms with van der Waals surface area (Å²) in [4.78, 5) is 0. The summed E-state index contributed by atoms with van der Waals surface area (Å²) in [5.41, 5.74) is 2.40. The van der Waals surface area contributed by atoms with Crippen LogP contribution >= 0.6 is 12.2 Å². The largest absolute Gasteiger partial charge is 0.351 e. The molecule has 0 aliphatic rings. The first-order valence-corrected chi connectivity index (χ1v) is 4.53. The highest BCUT2D eigenvalue weighted by atomic mass is 32.1. The van der Waals surface area contributed by atoms with Gasteiger partial charge >= 0.3 is 0 Å². The highest BCUT2D eigenvalue weighted by molar-refractivity contribution is 7.71. The zero-order valence-corrected chi connectivity index (χ0v) is 8.70. The number of fused-ring (bicyclic) bond motifs is 1. The van der Waals surface area contributed by atoms with Crippen molar-refractivity contribution in [3.63, 3.8) is 0 Å². The summed E-state index contributed by atoms with van der Waals surface area (Å²) in [5.74, 6) is 0. The van der Waals surface area contributed by atoms with Crippen LogP contribution in [0.5, 0.6) is 0 Å². The van der Waals surface area contributed by atoms with E-state index in [1.165, 1.54) is 11.4 Å². The van der Waals surface area contributed by atoms with Gasteiger partial charge < -0.3 is 4.57 Å². The third-order valence-electron chi connectivity index (χ3n) is 2.61. The van der Waals surface area contributed by atoms with E-state index >= 15 is 0 Å². The van der Waals surface area contributed by atoms with Gasteiger partial charge in [0.2, 0.25) is 0 Å². The van der Waals surface area contributed by atoms with Crippen molar-refractivity contribution in [2.45, 2.75) is 13.8 Å². The lowest BCUT2D eigenvalue weighted by molar-refractivity contribution is 0.851. The number of nitrogens with one attached hydrogen (secondary N) is 1. The van der Waals surface area contributed by atoms with Gasteiger partial charge in [-0.15, -0.1) is 0 Å². The number of aromatic nitrogens is 3. The Labute approximate surface area is 81.4 Å². The standard InChI is InChI=1S/C9H11N3S/c1-5-7-4-10-11-9(13)8(7)6(2)12(5)3/h4H,1-3H3,(H,11,13). The molecule has 3 nitrogen and oxygen atoms in total. The van der Waals surface area contributed by atoms with Crippen LogP contribution < -0.4 is 0 Å². The molecular weight excluding hydrogens is 182 g/mol. The first-order valence-electron chi connectivity index (χ1n) is 4.12. The molecule has 0 aliphatic heterocycles. The van der Waals surface area contributed by atoms with Crippen molar-refractivity contribution in [2.75, 3.05) is 0 Å². The topological polar surface area (TPSA) is 33.6 Å². The Balaban J connectivity index is 3.12. The molecule has 2 aromatic rings. The normalized spacial score (nSPS) is 11.0. The molecule has 2 heterocycles. The van der Waals surface area contributed by atoms with Crippen LogP contribution in [0.15, 0.2) is 6.20 Å². The molecule has 2 aromatic heterocycles. The third kappa shape index (κ3) is 1.02. The Kier molecular flexibility index (Phi) is 1.73. The molecule has 0 unspecified atom stereocenters. The highest BCUT2D eigenvalue weighted by Gasteiger charge is 2.08. The molecule has 0 bridgehead atoms. The van der Waals surface area contributed by atoms with Gasteiger partial charge in [-0.2, -0.15) is 5.10 Å². The van der Waals surface area contributed by atoms with Crippen LogP contribution in [0.3, 0.4) is 0 Å². The molecule has 13 heavy (non-hydrogen) atoms. The zero-order valence-electron chi connectivity index (χ0n) is 7.88. The number of rotatable bonds is 0. The Hall–Kier alpha value is -1.16. The average molecular weight is 193 g/mol. The summed E-state index contributed by atoms with van der Waals surface area (Å²) in [6, 6.07) is 0. The molecule has 0 aromatic carbocycles. The summed E-state index contributed by atoms with van der Waals surface area (Å²) in [6.45, 7) is 4.14. The van der Waals surface area contributed by atoms with Crippen LogP contribution in [0.25, 0.3) is 10.8 Å². The molecule has 0 amide bonds. The first-order chi connectivity index (χ1) is 6.13. The average Bonchev–Trinajstić information content (AvgIpc) is 2.33. The van der Waals surface area contributed by atoms with Crippen molar-refractivity contribution in [3.8, 4) is 0 Å². The molecular formula is C9H11N3S. The Morgan fingerprint density at radius 1 is 1.38 bits per heavy atom. The van der Waals surface area contributed by atoms with E-state index in [0.29, 0.717) is 0 Å². The second-order valence-electron chi connectivity index (χ2n) is 3.22. The lowest BCUT2D eigenvalue weighted by Gasteiger charge is -1.97. The van der Waals surface area contributed by atoms with Gasteiger partial charge in [0.05, 0.1) is 6.20 Å². The van der Waals surface area contributed by atoms with Gasteiger partial charge in [0.25, 0.3) is 0 Å². The molecule has 0 saturated carbocycles. The predicted molar refractivity (Wildman–Crippen MR) is 55.4 cm³/mol. The minimum Gasteiger partial charge on any atom is -0.351 e. The van der Waals surface area contributed by atoms with E-state index in [4.69, 9.17) is 12.2 Å². The molecule has 4 heteroatoms. The van der Waals surface area contributed by atoms with Crippen LogP contribution in [-0.4, -0.2) is 14.8 Å². The van der Waals surface area contributed by atoms with E-state index in [0.717, 1.165) is 15.4 Å². The molecule has 0 fully saturated rings. The molecule has 0 spiro atoms. The molecule has 1 N–H and O–H groups in total. The van der Waals surface area contributed by atoms with Gasteiger partial charge in [0, 0.05) is 29.2 Å². The zero-order chi connectivity index (χ0) is 9.59. The fraction of sp³-hybridized carbons (Fsp3) is 0.333. The van der Waals surface area contributed by atoms with Gasteiger partial charge in [0.1, 0.15) is 4.64 Å². The van der Waals surface area contributed by atoms with Crippen molar-refractivity contribution >= 4 is 23.0 Å². The second kappa shape index (κ2) is 2.67.